The van der Waals surface area contributed by atoms with E-state index in [0.717, 1.165) is 0 Å². The maximum absolute atomic E-state index is 8.56. The van der Waals surface area contributed by atoms with Crippen LogP contribution in [0.3, 0.4) is 0 Å². The summed E-state index contributed by atoms with van der Waals surface area (Å²) in [5, 5.41) is 13.9. The molecule has 0 aromatic rings. The Kier molecular flexibility index (Phi) is 252. The summed E-state index contributed by atoms with van der Waals surface area (Å²) in [6.07, 6.45) is -1.83. The van der Waals surface area contributed by atoms with E-state index >= 15 is 0 Å². The third-order valence-corrected chi connectivity index (χ3v) is 0. The molecule has 2 N–H and O–H groups in total. The van der Waals surface area contributed by atoms with Crippen molar-refractivity contribution in [3.63, 3.8) is 0 Å². The molecule has 0 aliphatic carbocycles. The van der Waals surface area contributed by atoms with E-state index in [0.29, 0.717) is 0 Å². The number of rotatable bonds is 0. The quantitative estimate of drug-likeness (QED) is 0.626. The molecule has 9 heteroatoms. The topological polar surface area (TPSA) is 57.5 Å². The molecule has 0 spiro atoms. The van der Waals surface area contributed by atoms with Crippen LogP contribution in [-0.2, 0) is 67.1 Å². The van der Waals surface area contributed by atoms with Crippen LogP contribution in [0.4, 0.5) is 4.79 Å². The molecule has 4 radical (unpaired) electrons. The minimum Gasteiger partial charge on any atom is -0.450 e. The summed E-state index contributed by atoms with van der Waals surface area (Å²) in [6.45, 7) is 0. The molecule has 0 fully saturated rings. The molecule has 0 heterocycles. The third kappa shape index (κ3) is 194. The number of hydrogen-bond acceptors (Lipinski definition) is 1. The molecule has 76 valence electrons. The van der Waals surface area contributed by atoms with Crippen molar-refractivity contribution in [2.24, 2.45) is 0 Å². The van der Waals surface area contributed by atoms with Crippen molar-refractivity contribution in [2.45, 2.75) is 0 Å². The van der Waals surface area contributed by atoms with E-state index < -0.39 is 6.16 Å². The van der Waals surface area contributed by atoms with E-state index in [1.165, 1.54) is 0 Å². The molecule has 0 unspecified atom stereocenters. The van der Waals surface area contributed by atoms with E-state index in [1.807, 2.05) is 0 Å². The zero-order valence-corrected chi connectivity index (χ0v) is 10.6. The molecular weight excluding hydrogens is 411 g/mol. The van der Waals surface area contributed by atoms with Crippen LogP contribution in [0.25, 0.3) is 0 Å². The van der Waals surface area contributed by atoms with Crippen molar-refractivity contribution in [3.05, 3.63) is 0 Å². The summed E-state index contributed by atoms with van der Waals surface area (Å²) in [6, 6.07) is 0. The van der Waals surface area contributed by atoms with Gasteiger partial charge in [-0.15, -0.1) is 29.4 Å². The van der Waals surface area contributed by atoms with Gasteiger partial charge in [-0.05, 0) is 0 Å². The Balaban J connectivity index is -0.00000000300. The van der Waals surface area contributed by atoms with Crippen LogP contribution in [0.2, 0.25) is 0 Å². The standard InChI is InChI=1S/CH2O3.BrH.ClH.4Co/c2-1(3)4;;;;;;/h(H2,2,3,4);2*1H;;;;. The Hall–Kier alpha value is 2.07. The summed E-state index contributed by atoms with van der Waals surface area (Å²) in [7, 11) is 0. The minimum absolute atomic E-state index is 0. The van der Waals surface area contributed by atoms with Crippen molar-refractivity contribution in [1.82, 2.24) is 0 Å². The Labute approximate surface area is 116 Å². The molecule has 0 rings (SSSR count). The van der Waals surface area contributed by atoms with Gasteiger partial charge in [-0.25, -0.2) is 4.79 Å². The zero-order chi connectivity index (χ0) is 3.58. The summed E-state index contributed by atoms with van der Waals surface area (Å²) >= 11 is 0. The molecule has 0 saturated heterocycles. The van der Waals surface area contributed by atoms with Crippen LogP contribution in [0.15, 0.2) is 0 Å². The Morgan fingerprint density at radius 1 is 0.900 bits per heavy atom. The maximum atomic E-state index is 8.56. The van der Waals surface area contributed by atoms with Crippen LogP contribution >= 0.6 is 29.4 Å². The molecule has 0 bridgehead atoms. The molecular formula is CH4BrClCo4O3. The number of carboxylic acid groups (broad SMARTS) is 2. The first kappa shape index (κ1) is 57.6. The summed E-state index contributed by atoms with van der Waals surface area (Å²) in [5.74, 6) is 0. The fourth-order valence-corrected chi connectivity index (χ4v) is 0. The Morgan fingerprint density at radius 2 is 0.900 bits per heavy atom. The van der Waals surface area contributed by atoms with Gasteiger partial charge in [0.25, 0.3) is 0 Å². The summed E-state index contributed by atoms with van der Waals surface area (Å²) in [5.41, 5.74) is 0. The predicted molar refractivity (Wildman–Crippen MR) is 28.2 cm³/mol. The number of carbonyl (C=O) groups is 1. The van der Waals surface area contributed by atoms with Crippen molar-refractivity contribution < 1.29 is 82.1 Å². The van der Waals surface area contributed by atoms with E-state index in [9.17, 15) is 0 Å². The normalized spacial score (nSPS) is 2.40. The van der Waals surface area contributed by atoms with Crippen molar-refractivity contribution in [1.29, 1.82) is 0 Å². The van der Waals surface area contributed by atoms with E-state index in [2.05, 4.69) is 0 Å². The molecule has 3 nitrogen and oxygen atoms in total. The maximum Gasteiger partial charge on any atom is 0.503 e. The van der Waals surface area contributed by atoms with Crippen molar-refractivity contribution >= 4 is 35.5 Å². The largest absolute Gasteiger partial charge is 0.503 e. The molecule has 0 amide bonds. The van der Waals surface area contributed by atoms with Crippen LogP contribution in [0.1, 0.15) is 0 Å². The van der Waals surface area contributed by atoms with Crippen molar-refractivity contribution in [3.8, 4) is 0 Å². The average molecular weight is 415 g/mol. The second-order valence-electron chi connectivity index (χ2n) is 0.283. The van der Waals surface area contributed by atoms with E-state index in [4.69, 9.17) is 15.0 Å². The first-order chi connectivity index (χ1) is 1.73. The molecule has 0 saturated carbocycles. The second-order valence-corrected chi connectivity index (χ2v) is 0.283. The second kappa shape index (κ2) is 43.7. The van der Waals surface area contributed by atoms with Gasteiger partial charge in [0.1, 0.15) is 0 Å². The van der Waals surface area contributed by atoms with E-state index in [1.54, 1.807) is 0 Å². The first-order valence-corrected chi connectivity index (χ1v) is 0.651. The van der Waals surface area contributed by atoms with Gasteiger partial charge in [0.2, 0.25) is 0 Å². The number of hydrogen-bond donors (Lipinski definition) is 2. The zero-order valence-electron chi connectivity index (χ0n) is 3.95. The van der Waals surface area contributed by atoms with Gasteiger partial charge in [0.15, 0.2) is 0 Å². The van der Waals surface area contributed by atoms with Gasteiger partial charge >= 0.3 is 6.16 Å². The van der Waals surface area contributed by atoms with E-state index in [-0.39, 0.29) is 96.5 Å². The Morgan fingerprint density at radius 3 is 0.900 bits per heavy atom. The molecule has 0 aliphatic heterocycles. The van der Waals surface area contributed by atoms with Gasteiger partial charge in [-0.2, -0.15) is 0 Å². The minimum atomic E-state index is -1.83. The van der Waals surface area contributed by atoms with Gasteiger partial charge < -0.3 is 10.2 Å². The van der Waals surface area contributed by atoms with Crippen LogP contribution in [0.5, 0.6) is 0 Å². The van der Waals surface area contributed by atoms with Gasteiger partial charge in [-0.1, -0.05) is 0 Å². The third-order valence-electron chi connectivity index (χ3n) is 0. The monoisotopic (exact) mass is 414 g/mol. The Bertz CT molecular complexity index is 43.5. The summed E-state index contributed by atoms with van der Waals surface area (Å²) < 4.78 is 0. The average Bonchev–Trinajstić information content (AvgIpc) is 0.811. The first-order valence-electron chi connectivity index (χ1n) is 0.651. The smallest absolute Gasteiger partial charge is 0.450 e. The summed E-state index contributed by atoms with van der Waals surface area (Å²) in [4.78, 5) is 8.56. The SMILES string of the molecule is Br.Cl.O=C(O)O.[Co].[Co].[Co].[Co]. The van der Waals surface area contributed by atoms with Crippen LogP contribution in [-0.4, -0.2) is 16.4 Å². The van der Waals surface area contributed by atoms with Crippen LogP contribution < -0.4 is 0 Å². The molecule has 0 aromatic heterocycles. The number of halogens is 2. The van der Waals surface area contributed by atoms with Gasteiger partial charge in [-0.3, -0.25) is 0 Å². The predicted octanol–water partition coefficient (Wildman–Crippen LogP) is 1.21. The molecule has 0 aliphatic rings. The van der Waals surface area contributed by atoms with Gasteiger partial charge in [0.05, 0.1) is 0 Å². The van der Waals surface area contributed by atoms with Crippen LogP contribution in [0, 0.1) is 0 Å². The van der Waals surface area contributed by atoms with Gasteiger partial charge in [0, 0.05) is 67.1 Å². The molecule has 10 heavy (non-hydrogen) atoms. The van der Waals surface area contributed by atoms with Crippen molar-refractivity contribution in [2.75, 3.05) is 0 Å². The fraction of sp³-hybridized carbons (Fsp3) is 0. The molecule has 0 aromatic carbocycles. The fourth-order valence-electron chi connectivity index (χ4n) is 0. The molecule has 0 atom stereocenters.